The van der Waals surface area contributed by atoms with E-state index in [0.29, 0.717) is 23.7 Å². The number of hydrogen-bond acceptors (Lipinski definition) is 6. The van der Waals surface area contributed by atoms with Gasteiger partial charge in [-0.25, -0.2) is 4.98 Å². The minimum atomic E-state index is 0. The molecule has 45 heavy (non-hydrogen) atoms. The van der Waals surface area contributed by atoms with Gasteiger partial charge < -0.3 is 19.7 Å². The minimum absolute atomic E-state index is 0. The molecule has 8 heteroatoms. The number of thiazole rings is 1. The molecule has 1 amide bonds. The molecule has 0 radical (unpaired) electrons. The van der Waals surface area contributed by atoms with Gasteiger partial charge in [0.2, 0.25) is 5.91 Å². The van der Waals surface area contributed by atoms with Crippen molar-refractivity contribution in [2.75, 3.05) is 38.8 Å². The van der Waals surface area contributed by atoms with E-state index in [2.05, 4.69) is 59.6 Å². The zero-order chi connectivity index (χ0) is 30.5. The van der Waals surface area contributed by atoms with Crippen molar-refractivity contribution in [2.24, 2.45) is 11.8 Å². The average Bonchev–Trinajstić information content (AvgIpc) is 3.80. The highest BCUT2D eigenvalue weighted by Crippen LogP contribution is 2.44. The number of methoxy groups -OCH3 is 1. The summed E-state index contributed by atoms with van der Waals surface area (Å²) in [5, 5.41) is 4.42. The predicted octanol–water partition coefficient (Wildman–Crippen LogP) is 8.53. The van der Waals surface area contributed by atoms with E-state index in [1.165, 1.54) is 52.3 Å². The van der Waals surface area contributed by atoms with Gasteiger partial charge in [-0.1, -0.05) is 24.3 Å². The molecular formula is C37H50ClN3O3S. The Kier molecular flexibility index (Phi) is 12.0. The quantitative estimate of drug-likeness (QED) is 0.199. The number of halogens is 1. The third-order valence-corrected chi connectivity index (χ3v) is 11.3. The number of amides is 1. The molecule has 0 spiro atoms. The summed E-state index contributed by atoms with van der Waals surface area (Å²) in [5.74, 6) is 3.06. The van der Waals surface area contributed by atoms with E-state index in [9.17, 15) is 4.79 Å². The monoisotopic (exact) mass is 651 g/mol. The predicted molar refractivity (Wildman–Crippen MR) is 187 cm³/mol. The third kappa shape index (κ3) is 8.48. The summed E-state index contributed by atoms with van der Waals surface area (Å²) in [5.41, 5.74) is 4.83. The third-order valence-electron chi connectivity index (χ3n) is 10.1. The number of benzene rings is 2. The van der Waals surface area contributed by atoms with Gasteiger partial charge in [0.05, 0.1) is 29.7 Å². The van der Waals surface area contributed by atoms with Crippen molar-refractivity contribution < 1.29 is 14.3 Å². The van der Waals surface area contributed by atoms with Crippen molar-refractivity contribution >= 4 is 35.3 Å². The number of nitrogens with one attached hydrogen (secondary N) is 1. The Balaban J connectivity index is 0.00000400. The van der Waals surface area contributed by atoms with Gasteiger partial charge in [0.15, 0.2) is 0 Å². The molecule has 0 unspecified atom stereocenters. The van der Waals surface area contributed by atoms with Crippen molar-refractivity contribution in [3.63, 3.8) is 0 Å². The van der Waals surface area contributed by atoms with Crippen LogP contribution >= 0.6 is 23.7 Å². The summed E-state index contributed by atoms with van der Waals surface area (Å²) in [7, 11) is 3.69. The molecule has 3 aliphatic rings. The summed E-state index contributed by atoms with van der Waals surface area (Å²) >= 11 is 1.82. The van der Waals surface area contributed by atoms with Crippen molar-refractivity contribution in [2.45, 2.75) is 89.1 Å². The molecule has 3 saturated carbocycles. The van der Waals surface area contributed by atoms with Crippen molar-refractivity contribution in [1.82, 2.24) is 10.3 Å². The molecule has 3 aliphatic carbocycles. The van der Waals surface area contributed by atoms with E-state index >= 15 is 0 Å². The van der Waals surface area contributed by atoms with Gasteiger partial charge in [-0.15, -0.1) is 23.7 Å². The van der Waals surface area contributed by atoms with Crippen LogP contribution in [0, 0.1) is 18.8 Å². The molecule has 0 saturated heterocycles. The lowest BCUT2D eigenvalue weighted by Gasteiger charge is -2.36. The molecule has 1 N–H and O–H groups in total. The fourth-order valence-corrected chi connectivity index (χ4v) is 8.29. The number of aryl methyl sites for hydroxylation is 1. The first-order chi connectivity index (χ1) is 21.5. The molecule has 1 heterocycles. The summed E-state index contributed by atoms with van der Waals surface area (Å²) in [6, 6.07) is 15.3. The second-order valence-corrected chi connectivity index (χ2v) is 14.3. The Bertz CT molecular complexity index is 1390. The van der Waals surface area contributed by atoms with Crippen LogP contribution in [0.1, 0.15) is 92.2 Å². The van der Waals surface area contributed by atoms with Gasteiger partial charge in [-0.3, -0.25) is 4.79 Å². The average molecular weight is 652 g/mol. The molecule has 6 rings (SSSR count). The first-order valence-electron chi connectivity index (χ1n) is 16.8. The molecule has 0 aliphatic heterocycles. The van der Waals surface area contributed by atoms with E-state index in [1.807, 2.05) is 24.6 Å². The molecule has 0 atom stereocenters. The van der Waals surface area contributed by atoms with Crippen LogP contribution < -0.4 is 15.0 Å². The molecule has 3 aromatic rings. The highest BCUT2D eigenvalue weighted by Gasteiger charge is 2.33. The molecule has 6 nitrogen and oxygen atoms in total. The van der Waals surface area contributed by atoms with Crippen molar-refractivity contribution in [3.05, 3.63) is 64.8 Å². The summed E-state index contributed by atoms with van der Waals surface area (Å²) in [6.07, 6.45) is 13.2. The number of anilines is 1. The number of ether oxygens (including phenoxy) is 2. The van der Waals surface area contributed by atoms with E-state index in [0.717, 1.165) is 69.7 Å². The van der Waals surface area contributed by atoms with Gasteiger partial charge in [0.25, 0.3) is 0 Å². The maximum absolute atomic E-state index is 14.3. The number of likely N-dealkylation sites (N-methyl/N-ethyl adjacent to an activating group) is 1. The van der Waals surface area contributed by atoms with Gasteiger partial charge in [-0.2, -0.15) is 0 Å². The van der Waals surface area contributed by atoms with Gasteiger partial charge >= 0.3 is 0 Å². The van der Waals surface area contributed by atoms with E-state index < -0.39 is 0 Å². The lowest BCUT2D eigenvalue weighted by molar-refractivity contribution is -0.124. The fraction of sp³-hybridized carbons (Fsp3) is 0.568. The summed E-state index contributed by atoms with van der Waals surface area (Å²) < 4.78 is 11.6. The second-order valence-electron chi connectivity index (χ2n) is 13.2. The zero-order valence-electron chi connectivity index (χ0n) is 27.1. The number of rotatable bonds is 12. The van der Waals surface area contributed by atoms with Crippen LogP contribution in [0.15, 0.2) is 48.7 Å². The zero-order valence-corrected chi connectivity index (χ0v) is 28.8. The summed E-state index contributed by atoms with van der Waals surface area (Å²) in [6.45, 7) is 4.53. The first-order valence-corrected chi connectivity index (χ1v) is 17.6. The van der Waals surface area contributed by atoms with Crippen LogP contribution in [-0.4, -0.2) is 50.8 Å². The minimum Gasteiger partial charge on any atom is -0.496 e. The second kappa shape index (κ2) is 15.9. The van der Waals surface area contributed by atoms with Crippen molar-refractivity contribution in [3.8, 4) is 16.2 Å². The SMILES string of the molecule is CNCCO[C@H]1CC[C@H](C(=O)N(C[C@H]2CC[C@H](c3ccc(OC)c(C)c3)CC2)c2cccc(-c3cnc(C4CC4)s3)c2)CC1.Cl. The topological polar surface area (TPSA) is 63.7 Å². The number of carbonyl (C=O) groups is 1. The number of aromatic nitrogens is 1. The lowest BCUT2D eigenvalue weighted by Crippen LogP contribution is -2.42. The van der Waals surface area contributed by atoms with Crippen LogP contribution in [0.2, 0.25) is 0 Å². The smallest absolute Gasteiger partial charge is 0.230 e. The van der Waals surface area contributed by atoms with E-state index in [4.69, 9.17) is 14.5 Å². The molecule has 0 bridgehead atoms. The Morgan fingerprint density at radius 3 is 2.42 bits per heavy atom. The van der Waals surface area contributed by atoms with Gasteiger partial charge in [-0.05, 0) is 125 Å². The van der Waals surface area contributed by atoms with Crippen LogP contribution in [0.3, 0.4) is 0 Å². The Morgan fingerprint density at radius 1 is 0.978 bits per heavy atom. The normalized spacial score (nSPS) is 23.3. The highest BCUT2D eigenvalue weighted by atomic mass is 35.5. The summed E-state index contributed by atoms with van der Waals surface area (Å²) in [4.78, 5) is 22.4. The van der Waals surface area contributed by atoms with E-state index in [-0.39, 0.29) is 24.4 Å². The van der Waals surface area contributed by atoms with Crippen LogP contribution in [0.25, 0.3) is 10.4 Å². The Morgan fingerprint density at radius 2 is 1.73 bits per heavy atom. The van der Waals surface area contributed by atoms with Crippen LogP contribution in [0.4, 0.5) is 5.69 Å². The maximum Gasteiger partial charge on any atom is 0.230 e. The Hall–Kier alpha value is -2.45. The van der Waals surface area contributed by atoms with Crippen molar-refractivity contribution in [1.29, 1.82) is 0 Å². The maximum atomic E-state index is 14.3. The molecule has 2 aromatic carbocycles. The highest BCUT2D eigenvalue weighted by molar-refractivity contribution is 7.15. The largest absolute Gasteiger partial charge is 0.496 e. The Labute approximate surface area is 279 Å². The molecule has 3 fully saturated rings. The molecular weight excluding hydrogens is 602 g/mol. The van der Waals surface area contributed by atoms with Gasteiger partial charge in [0.1, 0.15) is 5.75 Å². The lowest BCUT2D eigenvalue weighted by atomic mass is 9.78. The number of hydrogen-bond donors (Lipinski definition) is 1. The van der Waals surface area contributed by atoms with Gasteiger partial charge in [0, 0.05) is 36.8 Å². The van der Waals surface area contributed by atoms with Crippen LogP contribution in [-0.2, 0) is 9.53 Å². The van der Waals surface area contributed by atoms with Crippen LogP contribution in [0.5, 0.6) is 5.75 Å². The molecule has 244 valence electrons. The van der Waals surface area contributed by atoms with E-state index in [1.54, 1.807) is 7.11 Å². The standard InChI is InChI=1S/C37H49N3O3S.ClH/c1-25-21-30(15-18-34(25)42-3)27-9-7-26(8-10-27)24-40(37(41)29-13-16-33(17-14-29)43-20-19-38-2)32-6-4-5-31(22-32)35-23-39-36(44-35)28-11-12-28;/h4-6,15,18,21-23,26-29,33,38H,7-14,16-17,19-20,24H2,1-3H3;1H/t26-,27-,29-,33-;. The fourth-order valence-electron chi connectivity index (χ4n) is 7.21. The first kappa shape index (κ1) is 33.9. The number of nitrogens with zero attached hydrogens (tertiary/aromatic N) is 2. The number of carbonyl (C=O) groups excluding carboxylic acids is 1. The molecule has 1 aromatic heterocycles.